The molecule has 2 aromatic rings. The Labute approximate surface area is 179 Å². The zero-order chi connectivity index (χ0) is 21.6. The molecule has 1 aliphatic rings. The van der Waals surface area contributed by atoms with Crippen molar-refractivity contribution in [3.05, 3.63) is 59.7 Å². The average Bonchev–Trinajstić information content (AvgIpc) is 3.52. The maximum atomic E-state index is 12.2. The van der Waals surface area contributed by atoms with Crippen molar-refractivity contribution in [1.82, 2.24) is 15.4 Å². The molecule has 1 saturated carbocycles. The molecule has 3 rings (SSSR count). The minimum Gasteiger partial charge on any atom is -0.489 e. The van der Waals surface area contributed by atoms with Crippen molar-refractivity contribution in [2.24, 2.45) is 4.99 Å². The predicted molar refractivity (Wildman–Crippen MR) is 119 cm³/mol. The van der Waals surface area contributed by atoms with Crippen molar-refractivity contribution in [2.45, 2.75) is 50.3 Å². The Hall–Kier alpha value is -2.58. The van der Waals surface area contributed by atoms with E-state index in [0.717, 1.165) is 29.7 Å². The molecule has 0 amide bonds. The molecule has 0 aromatic heterocycles. The summed E-state index contributed by atoms with van der Waals surface area (Å²) in [6.07, 6.45) is 1.80. The first-order valence-corrected chi connectivity index (χ1v) is 11.6. The fourth-order valence-electron chi connectivity index (χ4n) is 2.88. The molecule has 8 heteroatoms. The van der Waals surface area contributed by atoms with E-state index in [4.69, 9.17) is 4.74 Å². The SMILES string of the molecule is CN=C(NCc1ccc(S(=O)(=O)NC2CC2)cc1)NCC(C)Oc1cccc(C)c1. The molecule has 0 saturated heterocycles. The Bertz CT molecular complexity index is 970. The summed E-state index contributed by atoms with van der Waals surface area (Å²) in [7, 11) is -1.71. The highest BCUT2D eigenvalue weighted by molar-refractivity contribution is 7.89. The second kappa shape index (κ2) is 9.95. The maximum Gasteiger partial charge on any atom is 0.240 e. The molecular weight excluding hydrogens is 400 g/mol. The van der Waals surface area contributed by atoms with Crippen LogP contribution in [0, 0.1) is 6.92 Å². The van der Waals surface area contributed by atoms with Gasteiger partial charge in [-0.1, -0.05) is 24.3 Å². The molecule has 7 nitrogen and oxygen atoms in total. The Morgan fingerprint density at radius 2 is 1.90 bits per heavy atom. The molecule has 0 radical (unpaired) electrons. The predicted octanol–water partition coefficient (Wildman–Crippen LogP) is 2.57. The highest BCUT2D eigenvalue weighted by Crippen LogP contribution is 2.22. The smallest absolute Gasteiger partial charge is 0.240 e. The first kappa shape index (κ1) is 22.1. The monoisotopic (exact) mass is 430 g/mol. The van der Waals surface area contributed by atoms with E-state index in [2.05, 4.69) is 20.3 Å². The number of sulfonamides is 1. The zero-order valence-corrected chi connectivity index (χ0v) is 18.5. The van der Waals surface area contributed by atoms with Gasteiger partial charge in [0, 0.05) is 19.6 Å². The first-order valence-electron chi connectivity index (χ1n) is 10.1. The van der Waals surface area contributed by atoms with Gasteiger partial charge in [-0.2, -0.15) is 0 Å². The molecule has 3 N–H and O–H groups in total. The number of aliphatic imine (C=N–C) groups is 1. The minimum atomic E-state index is -3.42. The Morgan fingerprint density at radius 3 is 2.53 bits per heavy atom. The third-order valence-electron chi connectivity index (χ3n) is 4.70. The van der Waals surface area contributed by atoms with Gasteiger partial charge in [0.1, 0.15) is 11.9 Å². The van der Waals surface area contributed by atoms with E-state index < -0.39 is 10.0 Å². The molecule has 2 aromatic carbocycles. The van der Waals surface area contributed by atoms with Crippen LogP contribution < -0.4 is 20.1 Å². The van der Waals surface area contributed by atoms with Gasteiger partial charge >= 0.3 is 0 Å². The molecule has 0 spiro atoms. The van der Waals surface area contributed by atoms with Crippen molar-refractivity contribution >= 4 is 16.0 Å². The second-order valence-electron chi connectivity index (χ2n) is 7.59. The van der Waals surface area contributed by atoms with Crippen LogP contribution in [0.1, 0.15) is 30.9 Å². The van der Waals surface area contributed by atoms with Crippen LogP contribution in [0.4, 0.5) is 0 Å². The van der Waals surface area contributed by atoms with E-state index in [9.17, 15) is 8.42 Å². The van der Waals surface area contributed by atoms with Crippen molar-refractivity contribution in [3.63, 3.8) is 0 Å². The van der Waals surface area contributed by atoms with Crippen LogP contribution in [0.25, 0.3) is 0 Å². The third kappa shape index (κ3) is 6.74. The topological polar surface area (TPSA) is 91.8 Å². The van der Waals surface area contributed by atoms with Gasteiger partial charge in [-0.3, -0.25) is 4.99 Å². The lowest BCUT2D eigenvalue weighted by atomic mass is 10.2. The summed E-state index contributed by atoms with van der Waals surface area (Å²) in [6.45, 7) is 5.16. The van der Waals surface area contributed by atoms with Crippen molar-refractivity contribution in [2.75, 3.05) is 13.6 Å². The van der Waals surface area contributed by atoms with Crippen LogP contribution in [0.2, 0.25) is 0 Å². The summed E-state index contributed by atoms with van der Waals surface area (Å²) in [5.41, 5.74) is 2.12. The van der Waals surface area contributed by atoms with Gasteiger partial charge in [0.15, 0.2) is 5.96 Å². The summed E-state index contributed by atoms with van der Waals surface area (Å²) >= 11 is 0. The first-order chi connectivity index (χ1) is 14.4. The maximum absolute atomic E-state index is 12.2. The van der Waals surface area contributed by atoms with Gasteiger partial charge in [-0.15, -0.1) is 0 Å². The van der Waals surface area contributed by atoms with E-state index >= 15 is 0 Å². The fraction of sp³-hybridized carbons (Fsp3) is 0.409. The van der Waals surface area contributed by atoms with Crippen molar-refractivity contribution < 1.29 is 13.2 Å². The van der Waals surface area contributed by atoms with E-state index in [1.54, 1.807) is 19.2 Å². The van der Waals surface area contributed by atoms with Crippen LogP contribution in [-0.2, 0) is 16.6 Å². The molecule has 1 atom stereocenters. The number of benzene rings is 2. The van der Waals surface area contributed by atoms with Crippen molar-refractivity contribution in [1.29, 1.82) is 0 Å². The Balaban J connectivity index is 1.45. The molecule has 0 aliphatic heterocycles. The molecule has 1 fully saturated rings. The molecule has 0 heterocycles. The van der Waals surface area contributed by atoms with Gasteiger partial charge in [-0.05, 0) is 62.1 Å². The number of nitrogens with one attached hydrogen (secondary N) is 3. The van der Waals surface area contributed by atoms with Gasteiger partial charge in [0.2, 0.25) is 10.0 Å². The molecule has 30 heavy (non-hydrogen) atoms. The normalized spacial score (nSPS) is 15.5. The zero-order valence-electron chi connectivity index (χ0n) is 17.7. The minimum absolute atomic E-state index is 0.0335. The number of aryl methyl sites for hydroxylation is 1. The van der Waals surface area contributed by atoms with Gasteiger partial charge in [-0.25, -0.2) is 13.1 Å². The third-order valence-corrected chi connectivity index (χ3v) is 6.24. The molecule has 162 valence electrons. The second-order valence-corrected chi connectivity index (χ2v) is 9.31. The fourth-order valence-corrected chi connectivity index (χ4v) is 4.19. The lowest BCUT2D eigenvalue weighted by Gasteiger charge is -2.18. The number of hydrogen-bond acceptors (Lipinski definition) is 4. The number of rotatable bonds is 9. The summed E-state index contributed by atoms with van der Waals surface area (Å²) < 4.78 is 33.1. The Kier molecular flexibility index (Phi) is 7.33. The summed E-state index contributed by atoms with van der Waals surface area (Å²) in [6, 6.07) is 15.0. The summed E-state index contributed by atoms with van der Waals surface area (Å²) in [4.78, 5) is 4.52. The highest BCUT2D eigenvalue weighted by atomic mass is 32.2. The van der Waals surface area contributed by atoms with Gasteiger partial charge in [0.05, 0.1) is 11.4 Å². The Morgan fingerprint density at radius 1 is 1.17 bits per heavy atom. The van der Waals surface area contributed by atoms with Crippen LogP contribution in [0.3, 0.4) is 0 Å². The van der Waals surface area contributed by atoms with E-state index in [1.807, 2.05) is 50.2 Å². The van der Waals surface area contributed by atoms with E-state index in [1.165, 1.54) is 0 Å². The van der Waals surface area contributed by atoms with Gasteiger partial charge < -0.3 is 15.4 Å². The van der Waals surface area contributed by atoms with Crippen molar-refractivity contribution in [3.8, 4) is 5.75 Å². The van der Waals surface area contributed by atoms with E-state index in [-0.39, 0.29) is 12.1 Å². The average molecular weight is 431 g/mol. The molecular formula is C22H30N4O3S. The number of guanidine groups is 1. The highest BCUT2D eigenvalue weighted by Gasteiger charge is 2.27. The van der Waals surface area contributed by atoms with Crippen LogP contribution in [0.5, 0.6) is 5.75 Å². The quantitative estimate of drug-likeness (QED) is 0.420. The number of hydrogen-bond donors (Lipinski definition) is 3. The molecule has 0 bridgehead atoms. The largest absolute Gasteiger partial charge is 0.489 e. The van der Waals surface area contributed by atoms with Crippen LogP contribution >= 0.6 is 0 Å². The molecule has 1 unspecified atom stereocenters. The number of nitrogens with zero attached hydrogens (tertiary/aromatic N) is 1. The summed E-state index contributed by atoms with van der Waals surface area (Å²) in [5, 5.41) is 6.48. The van der Waals surface area contributed by atoms with Crippen LogP contribution in [0.15, 0.2) is 58.4 Å². The van der Waals surface area contributed by atoms with E-state index in [0.29, 0.717) is 23.9 Å². The van der Waals surface area contributed by atoms with Gasteiger partial charge in [0.25, 0.3) is 0 Å². The molecule has 1 aliphatic carbocycles. The number of ether oxygens (including phenoxy) is 1. The lowest BCUT2D eigenvalue weighted by Crippen LogP contribution is -2.41. The standard InChI is InChI=1S/C22H30N4O3S/c1-16-5-4-6-20(13-16)29-17(2)14-24-22(23-3)25-15-18-7-11-21(12-8-18)30(27,28)26-19-9-10-19/h4-8,11-13,17,19,26H,9-10,14-15H2,1-3H3,(H2,23,24,25). The van der Waals surface area contributed by atoms with Crippen LogP contribution in [-0.4, -0.2) is 40.1 Å². The lowest BCUT2D eigenvalue weighted by molar-refractivity contribution is 0.223. The summed E-state index contributed by atoms with van der Waals surface area (Å²) in [5.74, 6) is 1.50.